The summed E-state index contributed by atoms with van der Waals surface area (Å²) in [7, 11) is 0. The molecule has 1 aromatic heterocycles. The number of aliphatic hydroxyl groups excluding tert-OH is 1. The number of aliphatic hydroxyl groups is 1. The lowest BCUT2D eigenvalue weighted by molar-refractivity contribution is 0.278. The molecular formula is C10H17N3O2. The number of nitrogens with one attached hydrogen (secondary N) is 1. The molecule has 0 bridgehead atoms. The van der Waals surface area contributed by atoms with E-state index < -0.39 is 0 Å². The van der Waals surface area contributed by atoms with Gasteiger partial charge in [-0.05, 0) is 25.8 Å². The lowest BCUT2D eigenvalue weighted by atomic mass is 9.99. The topological polar surface area (TPSA) is 71.2 Å². The first-order valence-electron chi connectivity index (χ1n) is 5.54. The fourth-order valence-electron chi connectivity index (χ4n) is 1.84. The van der Waals surface area contributed by atoms with Crippen LogP contribution >= 0.6 is 0 Å². The van der Waals surface area contributed by atoms with E-state index in [1.807, 2.05) is 0 Å². The molecule has 1 atom stereocenters. The van der Waals surface area contributed by atoms with Crippen molar-refractivity contribution in [3.05, 3.63) is 11.7 Å². The van der Waals surface area contributed by atoms with Crippen LogP contribution in [0.25, 0.3) is 0 Å². The second-order valence-electron chi connectivity index (χ2n) is 3.92. The van der Waals surface area contributed by atoms with E-state index >= 15 is 0 Å². The molecule has 0 saturated carbocycles. The molecule has 5 heteroatoms. The fraction of sp³-hybridized carbons (Fsp3) is 0.800. The largest absolute Gasteiger partial charge is 0.396 e. The summed E-state index contributed by atoms with van der Waals surface area (Å²) < 4.78 is 5.12. The van der Waals surface area contributed by atoms with Gasteiger partial charge in [0.15, 0.2) is 5.82 Å². The number of hydrogen-bond acceptors (Lipinski definition) is 5. The van der Waals surface area contributed by atoms with E-state index in [1.54, 1.807) is 0 Å². The Labute approximate surface area is 88.9 Å². The van der Waals surface area contributed by atoms with E-state index in [9.17, 15) is 0 Å². The van der Waals surface area contributed by atoms with Crippen molar-refractivity contribution in [3.63, 3.8) is 0 Å². The van der Waals surface area contributed by atoms with Crippen molar-refractivity contribution in [1.82, 2.24) is 15.5 Å². The van der Waals surface area contributed by atoms with Gasteiger partial charge >= 0.3 is 0 Å². The summed E-state index contributed by atoms with van der Waals surface area (Å²) in [6, 6.07) is 0. The Morgan fingerprint density at radius 2 is 2.47 bits per heavy atom. The summed E-state index contributed by atoms with van der Waals surface area (Å²) in [5.74, 6) is 1.85. The zero-order chi connectivity index (χ0) is 10.5. The van der Waals surface area contributed by atoms with E-state index in [1.165, 1.54) is 6.42 Å². The van der Waals surface area contributed by atoms with Crippen molar-refractivity contribution >= 4 is 0 Å². The van der Waals surface area contributed by atoms with Gasteiger partial charge in [-0.2, -0.15) is 4.98 Å². The van der Waals surface area contributed by atoms with Gasteiger partial charge in [0, 0.05) is 25.5 Å². The second kappa shape index (κ2) is 5.23. The smallest absolute Gasteiger partial charge is 0.226 e. The minimum atomic E-state index is 0.169. The highest BCUT2D eigenvalue weighted by atomic mass is 16.5. The van der Waals surface area contributed by atoms with Gasteiger partial charge in [-0.15, -0.1) is 0 Å². The van der Waals surface area contributed by atoms with Crippen molar-refractivity contribution in [3.8, 4) is 0 Å². The third-order valence-electron chi connectivity index (χ3n) is 2.69. The van der Waals surface area contributed by atoms with Crippen LogP contribution in [0.15, 0.2) is 4.52 Å². The summed E-state index contributed by atoms with van der Waals surface area (Å²) in [5.41, 5.74) is 0. The lowest BCUT2D eigenvalue weighted by Crippen LogP contribution is -2.28. The maximum Gasteiger partial charge on any atom is 0.226 e. The Morgan fingerprint density at radius 3 is 3.20 bits per heavy atom. The molecule has 15 heavy (non-hydrogen) atoms. The van der Waals surface area contributed by atoms with Gasteiger partial charge < -0.3 is 14.9 Å². The van der Waals surface area contributed by atoms with Gasteiger partial charge in [0.2, 0.25) is 5.89 Å². The Hall–Kier alpha value is -0.940. The van der Waals surface area contributed by atoms with Gasteiger partial charge in [-0.1, -0.05) is 5.16 Å². The summed E-state index contributed by atoms with van der Waals surface area (Å²) in [5, 5.41) is 16.0. The summed E-state index contributed by atoms with van der Waals surface area (Å²) >= 11 is 0. The van der Waals surface area contributed by atoms with Gasteiger partial charge in [-0.3, -0.25) is 0 Å². The molecular weight excluding hydrogens is 194 g/mol. The molecule has 0 amide bonds. The van der Waals surface area contributed by atoms with Crippen LogP contribution in [0.1, 0.15) is 36.9 Å². The molecule has 1 fully saturated rings. The van der Waals surface area contributed by atoms with E-state index in [0.29, 0.717) is 24.7 Å². The molecule has 2 heterocycles. The Balaban J connectivity index is 1.93. The summed E-state index contributed by atoms with van der Waals surface area (Å²) in [6.45, 7) is 2.20. The highest BCUT2D eigenvalue weighted by Crippen LogP contribution is 2.20. The van der Waals surface area contributed by atoms with E-state index in [0.717, 1.165) is 25.3 Å². The molecule has 1 saturated heterocycles. The molecule has 1 unspecified atom stereocenters. The number of nitrogens with zero attached hydrogens (tertiary/aromatic N) is 2. The van der Waals surface area contributed by atoms with Crippen molar-refractivity contribution in [2.24, 2.45) is 0 Å². The second-order valence-corrected chi connectivity index (χ2v) is 3.92. The van der Waals surface area contributed by atoms with Crippen LogP contribution in [0.2, 0.25) is 0 Å². The van der Waals surface area contributed by atoms with Crippen LogP contribution in [0.4, 0.5) is 0 Å². The minimum absolute atomic E-state index is 0.169. The molecule has 0 aromatic carbocycles. The molecule has 5 nitrogen and oxygen atoms in total. The predicted octanol–water partition coefficient (Wildman–Crippen LogP) is 0.461. The SMILES string of the molecule is OCCCc1nc(C2CCCNC2)no1. The lowest BCUT2D eigenvalue weighted by Gasteiger charge is -2.19. The maximum atomic E-state index is 8.68. The van der Waals surface area contributed by atoms with Crippen LogP contribution < -0.4 is 5.32 Å². The van der Waals surface area contributed by atoms with Crippen molar-refractivity contribution in [1.29, 1.82) is 0 Å². The highest BCUT2D eigenvalue weighted by Gasteiger charge is 2.20. The van der Waals surface area contributed by atoms with Crippen molar-refractivity contribution < 1.29 is 9.63 Å². The monoisotopic (exact) mass is 211 g/mol. The van der Waals surface area contributed by atoms with Gasteiger partial charge in [0.25, 0.3) is 0 Å². The van der Waals surface area contributed by atoms with E-state index in [2.05, 4.69) is 15.5 Å². The number of aromatic nitrogens is 2. The molecule has 84 valence electrons. The van der Waals surface area contributed by atoms with E-state index in [-0.39, 0.29) is 6.61 Å². The van der Waals surface area contributed by atoms with Crippen molar-refractivity contribution in [2.75, 3.05) is 19.7 Å². The maximum absolute atomic E-state index is 8.68. The first-order chi connectivity index (χ1) is 7.40. The molecule has 2 N–H and O–H groups in total. The third-order valence-corrected chi connectivity index (χ3v) is 2.69. The average Bonchev–Trinajstić information content (AvgIpc) is 2.76. The molecule has 1 aliphatic heterocycles. The predicted molar refractivity (Wildman–Crippen MR) is 54.5 cm³/mol. The van der Waals surface area contributed by atoms with E-state index in [4.69, 9.17) is 9.63 Å². The molecule has 1 aromatic rings. The molecule has 0 aliphatic carbocycles. The van der Waals surface area contributed by atoms with Gasteiger partial charge in [-0.25, -0.2) is 0 Å². The van der Waals surface area contributed by atoms with Crippen LogP contribution in [-0.4, -0.2) is 34.9 Å². The number of aryl methyl sites for hydroxylation is 1. The standard InChI is InChI=1S/C10H17N3O2/c14-6-2-4-9-12-10(13-15-9)8-3-1-5-11-7-8/h8,11,14H,1-7H2. The normalized spacial score (nSPS) is 21.8. The zero-order valence-corrected chi connectivity index (χ0v) is 8.78. The molecule has 2 rings (SSSR count). The first kappa shape index (κ1) is 10.6. The van der Waals surface area contributed by atoms with Crippen LogP contribution in [0.3, 0.4) is 0 Å². The zero-order valence-electron chi connectivity index (χ0n) is 8.78. The molecule has 1 aliphatic rings. The molecule has 0 spiro atoms. The number of rotatable bonds is 4. The Kier molecular flexibility index (Phi) is 3.69. The Morgan fingerprint density at radius 1 is 1.53 bits per heavy atom. The molecule has 0 radical (unpaired) electrons. The van der Waals surface area contributed by atoms with Crippen LogP contribution in [-0.2, 0) is 6.42 Å². The van der Waals surface area contributed by atoms with Gasteiger partial charge in [0.05, 0.1) is 0 Å². The fourth-order valence-corrected chi connectivity index (χ4v) is 1.84. The average molecular weight is 211 g/mol. The minimum Gasteiger partial charge on any atom is -0.396 e. The van der Waals surface area contributed by atoms with Crippen molar-refractivity contribution in [2.45, 2.75) is 31.6 Å². The summed E-state index contributed by atoms with van der Waals surface area (Å²) in [6.07, 6.45) is 3.66. The third kappa shape index (κ3) is 2.76. The quantitative estimate of drug-likeness (QED) is 0.757. The Bertz CT molecular complexity index is 295. The van der Waals surface area contributed by atoms with Gasteiger partial charge in [0.1, 0.15) is 0 Å². The first-order valence-corrected chi connectivity index (χ1v) is 5.54. The van der Waals surface area contributed by atoms with Crippen LogP contribution in [0, 0.1) is 0 Å². The summed E-state index contributed by atoms with van der Waals surface area (Å²) in [4.78, 5) is 4.34. The number of hydrogen-bond donors (Lipinski definition) is 2. The number of piperidine rings is 1. The van der Waals surface area contributed by atoms with Crippen LogP contribution in [0.5, 0.6) is 0 Å². The highest BCUT2D eigenvalue weighted by molar-refractivity contribution is 4.98.